The lowest BCUT2D eigenvalue weighted by Gasteiger charge is -2.34. The third kappa shape index (κ3) is 3.18. The van der Waals surface area contributed by atoms with Crippen molar-refractivity contribution >= 4 is 11.6 Å². The van der Waals surface area contributed by atoms with Gasteiger partial charge in [0.2, 0.25) is 0 Å². The first-order valence-corrected chi connectivity index (χ1v) is 9.31. The molecular weight excluding hydrogens is 354 g/mol. The van der Waals surface area contributed by atoms with Gasteiger partial charge in [-0.1, -0.05) is 18.2 Å². The lowest BCUT2D eigenvalue weighted by Crippen LogP contribution is -2.34. The van der Waals surface area contributed by atoms with Gasteiger partial charge in [-0.2, -0.15) is 0 Å². The van der Waals surface area contributed by atoms with Gasteiger partial charge in [-0.05, 0) is 68.5 Å². The SMILES string of the molecule is COC(=O)C(C)(C)[C@H](c1ccc(C)c(CO)c1)c1ccn2c(C)nnc2c1C. The molecule has 0 amide bonds. The number of ether oxygens (including phenoxy) is 1. The molecule has 6 nitrogen and oxygen atoms in total. The molecule has 0 aliphatic carbocycles. The molecule has 0 radical (unpaired) electrons. The van der Waals surface area contributed by atoms with Crippen LogP contribution in [0.3, 0.4) is 0 Å². The van der Waals surface area contributed by atoms with Crippen molar-refractivity contribution in [2.75, 3.05) is 7.11 Å². The fourth-order valence-corrected chi connectivity index (χ4v) is 3.93. The molecule has 1 N–H and O–H groups in total. The highest BCUT2D eigenvalue weighted by Gasteiger charge is 2.41. The van der Waals surface area contributed by atoms with Crippen LogP contribution in [-0.2, 0) is 16.1 Å². The van der Waals surface area contributed by atoms with Gasteiger partial charge in [0.25, 0.3) is 0 Å². The number of aromatic nitrogens is 3. The Bertz CT molecular complexity index is 1040. The molecule has 0 spiro atoms. The van der Waals surface area contributed by atoms with Crippen LogP contribution >= 0.6 is 0 Å². The molecule has 0 saturated heterocycles. The highest BCUT2D eigenvalue weighted by molar-refractivity contribution is 5.78. The van der Waals surface area contributed by atoms with Gasteiger partial charge in [-0.25, -0.2) is 0 Å². The average Bonchev–Trinajstić information content (AvgIpc) is 3.05. The van der Waals surface area contributed by atoms with Gasteiger partial charge < -0.3 is 9.84 Å². The second-order valence-electron chi connectivity index (χ2n) is 7.83. The summed E-state index contributed by atoms with van der Waals surface area (Å²) < 4.78 is 7.07. The summed E-state index contributed by atoms with van der Waals surface area (Å²) in [5, 5.41) is 18.2. The zero-order valence-corrected chi connectivity index (χ0v) is 17.3. The van der Waals surface area contributed by atoms with Gasteiger partial charge in [-0.15, -0.1) is 10.2 Å². The third-order valence-electron chi connectivity index (χ3n) is 5.66. The number of aliphatic hydroxyl groups is 1. The molecule has 2 heterocycles. The maximum Gasteiger partial charge on any atom is 0.312 e. The van der Waals surface area contributed by atoms with E-state index in [1.807, 2.05) is 69.5 Å². The van der Waals surface area contributed by atoms with Crippen molar-refractivity contribution in [3.8, 4) is 0 Å². The van der Waals surface area contributed by atoms with E-state index in [1.165, 1.54) is 7.11 Å². The predicted molar refractivity (Wildman–Crippen MR) is 107 cm³/mol. The number of hydrogen-bond acceptors (Lipinski definition) is 5. The number of aliphatic hydroxyl groups excluding tert-OH is 1. The van der Waals surface area contributed by atoms with Gasteiger partial charge in [-0.3, -0.25) is 9.20 Å². The number of hydrogen-bond donors (Lipinski definition) is 1. The molecule has 1 atom stereocenters. The van der Waals surface area contributed by atoms with Gasteiger partial charge in [0, 0.05) is 12.1 Å². The number of pyridine rings is 1. The van der Waals surface area contributed by atoms with Crippen molar-refractivity contribution in [3.63, 3.8) is 0 Å². The molecule has 0 aliphatic rings. The summed E-state index contributed by atoms with van der Waals surface area (Å²) in [7, 11) is 1.41. The fraction of sp³-hybridized carbons (Fsp3) is 0.409. The summed E-state index contributed by atoms with van der Waals surface area (Å²) in [5.74, 6) is 0.250. The molecule has 0 saturated carbocycles. The molecule has 0 bridgehead atoms. The minimum absolute atomic E-state index is 0.0492. The number of benzene rings is 1. The van der Waals surface area contributed by atoms with E-state index in [9.17, 15) is 9.90 Å². The second-order valence-corrected chi connectivity index (χ2v) is 7.83. The Hall–Kier alpha value is -2.73. The number of methoxy groups -OCH3 is 1. The first-order chi connectivity index (χ1) is 13.2. The molecule has 3 aromatic rings. The summed E-state index contributed by atoms with van der Waals surface area (Å²) in [6.07, 6.45) is 1.94. The Morgan fingerprint density at radius 1 is 1.21 bits per heavy atom. The van der Waals surface area contributed by atoms with Crippen molar-refractivity contribution in [1.29, 1.82) is 0 Å². The average molecular weight is 381 g/mol. The molecule has 28 heavy (non-hydrogen) atoms. The van der Waals surface area contributed by atoms with Crippen LogP contribution in [0.4, 0.5) is 0 Å². The van der Waals surface area contributed by atoms with Crippen LogP contribution < -0.4 is 0 Å². The normalized spacial score (nSPS) is 13.0. The number of carbonyl (C=O) groups is 1. The zero-order chi connectivity index (χ0) is 20.6. The van der Waals surface area contributed by atoms with Gasteiger partial charge >= 0.3 is 5.97 Å². The molecule has 0 fully saturated rings. The minimum atomic E-state index is -0.825. The molecular formula is C22H27N3O3. The molecule has 0 unspecified atom stereocenters. The van der Waals surface area contributed by atoms with Gasteiger partial charge in [0.1, 0.15) is 5.82 Å². The number of aryl methyl sites for hydroxylation is 3. The highest BCUT2D eigenvalue weighted by atomic mass is 16.5. The van der Waals surface area contributed by atoms with Crippen LogP contribution in [0.25, 0.3) is 5.65 Å². The van der Waals surface area contributed by atoms with Crippen molar-refractivity contribution in [1.82, 2.24) is 14.6 Å². The van der Waals surface area contributed by atoms with Crippen molar-refractivity contribution in [2.45, 2.75) is 47.1 Å². The number of esters is 1. The van der Waals surface area contributed by atoms with Crippen LogP contribution in [0.1, 0.15) is 53.4 Å². The van der Waals surface area contributed by atoms with E-state index in [-0.39, 0.29) is 18.5 Å². The predicted octanol–water partition coefficient (Wildman–Crippen LogP) is 3.48. The summed E-state index contributed by atoms with van der Waals surface area (Å²) in [6.45, 7) is 9.60. The Morgan fingerprint density at radius 3 is 2.57 bits per heavy atom. The van der Waals surface area contributed by atoms with E-state index in [1.54, 1.807) is 0 Å². The van der Waals surface area contributed by atoms with Crippen LogP contribution in [-0.4, -0.2) is 32.8 Å². The Kier molecular flexibility index (Phi) is 5.26. The zero-order valence-electron chi connectivity index (χ0n) is 17.3. The maximum absolute atomic E-state index is 12.7. The number of rotatable bonds is 5. The standard InChI is InChI=1S/C22H27N3O3/c1-13-7-8-16(11-17(13)12-26)19(22(4,5)21(27)28-6)18-9-10-25-15(3)23-24-20(25)14(18)2/h7-11,19,26H,12H2,1-6H3/t19-/m1/s1. The number of fused-ring (bicyclic) bond motifs is 1. The molecule has 2 aromatic heterocycles. The first kappa shape index (κ1) is 20.0. The van der Waals surface area contributed by atoms with E-state index >= 15 is 0 Å². The van der Waals surface area contributed by atoms with E-state index in [4.69, 9.17) is 4.74 Å². The van der Waals surface area contributed by atoms with E-state index < -0.39 is 5.41 Å². The molecule has 0 aliphatic heterocycles. The smallest absolute Gasteiger partial charge is 0.312 e. The van der Waals surface area contributed by atoms with Crippen molar-refractivity contribution in [2.24, 2.45) is 5.41 Å². The topological polar surface area (TPSA) is 76.7 Å². The largest absolute Gasteiger partial charge is 0.469 e. The van der Waals surface area contributed by atoms with Crippen LogP contribution in [0.5, 0.6) is 0 Å². The summed E-state index contributed by atoms with van der Waals surface area (Å²) in [6, 6.07) is 7.99. The third-order valence-corrected chi connectivity index (χ3v) is 5.66. The van der Waals surface area contributed by atoms with E-state index in [2.05, 4.69) is 10.2 Å². The molecule has 1 aromatic carbocycles. The quantitative estimate of drug-likeness (QED) is 0.685. The molecule has 3 rings (SSSR count). The van der Waals surface area contributed by atoms with Crippen LogP contribution in [0.2, 0.25) is 0 Å². The summed E-state index contributed by atoms with van der Waals surface area (Å²) >= 11 is 0. The summed E-state index contributed by atoms with van der Waals surface area (Å²) in [5.41, 5.74) is 4.72. The first-order valence-electron chi connectivity index (χ1n) is 9.31. The maximum atomic E-state index is 12.7. The fourth-order valence-electron chi connectivity index (χ4n) is 3.93. The molecule has 6 heteroatoms. The number of carbonyl (C=O) groups excluding carboxylic acids is 1. The lowest BCUT2D eigenvalue weighted by molar-refractivity contribution is -0.151. The highest BCUT2D eigenvalue weighted by Crippen LogP contribution is 2.44. The Labute approximate surface area is 165 Å². The number of nitrogens with zero attached hydrogens (tertiary/aromatic N) is 3. The van der Waals surface area contributed by atoms with E-state index in [0.29, 0.717) is 0 Å². The van der Waals surface area contributed by atoms with Gasteiger partial charge in [0.15, 0.2) is 5.65 Å². The van der Waals surface area contributed by atoms with Gasteiger partial charge in [0.05, 0.1) is 19.1 Å². The monoisotopic (exact) mass is 381 g/mol. The minimum Gasteiger partial charge on any atom is -0.469 e. The summed E-state index contributed by atoms with van der Waals surface area (Å²) in [4.78, 5) is 12.7. The lowest BCUT2D eigenvalue weighted by atomic mass is 9.70. The Morgan fingerprint density at radius 2 is 1.93 bits per heavy atom. The Balaban J connectivity index is 2.28. The van der Waals surface area contributed by atoms with Crippen LogP contribution in [0.15, 0.2) is 30.5 Å². The van der Waals surface area contributed by atoms with Crippen LogP contribution in [0, 0.1) is 26.2 Å². The van der Waals surface area contributed by atoms with Crippen molar-refractivity contribution < 1.29 is 14.6 Å². The second kappa shape index (κ2) is 7.36. The van der Waals surface area contributed by atoms with E-state index in [0.717, 1.165) is 39.3 Å². The van der Waals surface area contributed by atoms with Crippen molar-refractivity contribution in [3.05, 3.63) is 64.1 Å². The molecule has 148 valence electrons.